The number of rotatable bonds is 24. The fraction of sp³-hybridized carbons (Fsp3) is 0.432. The molecule has 0 bridgehead atoms. The Balaban J connectivity index is 0.899. The zero-order chi connectivity index (χ0) is 37.4. The van der Waals surface area contributed by atoms with Crippen molar-refractivity contribution in [3.05, 3.63) is 70.2 Å². The van der Waals surface area contributed by atoms with Gasteiger partial charge in [-0.25, -0.2) is 9.97 Å². The average Bonchev–Trinajstić information content (AvgIpc) is 3.83. The monoisotopic (exact) mass is 765 g/mol. The molecule has 2 N–H and O–H groups in total. The van der Waals surface area contributed by atoms with Crippen LogP contribution in [0, 0.1) is 6.92 Å². The molecule has 3 heterocycles. The van der Waals surface area contributed by atoms with E-state index in [1.807, 2.05) is 49.4 Å². The van der Waals surface area contributed by atoms with Crippen LogP contribution in [-0.4, -0.2) is 116 Å². The highest BCUT2D eigenvalue weighted by Gasteiger charge is 2.24. The molecule has 2 aromatic carbocycles. The number of aromatic nitrogens is 2. The Labute approximate surface area is 314 Å². The third kappa shape index (κ3) is 12.6. The first-order valence-corrected chi connectivity index (χ1v) is 19.0. The molecule has 4 amide bonds. The number of hydrogen-bond acceptors (Lipinski definition) is 13. The molecule has 14 nitrogen and oxygen atoms in total. The normalized spacial score (nSPS) is 13.3. The van der Waals surface area contributed by atoms with Crippen LogP contribution in [0.15, 0.2) is 54.6 Å². The van der Waals surface area contributed by atoms with Gasteiger partial charge in [0.15, 0.2) is 5.78 Å². The molecule has 0 unspecified atom stereocenters. The summed E-state index contributed by atoms with van der Waals surface area (Å²) in [6.07, 6.45) is 2.99. The topological polar surface area (TPSA) is 175 Å². The fourth-order valence-corrected chi connectivity index (χ4v) is 7.35. The maximum absolute atomic E-state index is 13.5. The second kappa shape index (κ2) is 20.7. The average molecular weight is 766 g/mol. The van der Waals surface area contributed by atoms with Crippen molar-refractivity contribution in [2.75, 3.05) is 65.9 Å². The van der Waals surface area contributed by atoms with E-state index >= 15 is 0 Å². The third-order valence-electron chi connectivity index (χ3n) is 8.02. The van der Waals surface area contributed by atoms with Crippen LogP contribution in [0.3, 0.4) is 0 Å². The summed E-state index contributed by atoms with van der Waals surface area (Å²) in [5.41, 5.74) is 2.68. The van der Waals surface area contributed by atoms with E-state index in [1.165, 1.54) is 23.5 Å². The molecule has 1 aliphatic rings. The Bertz CT molecular complexity index is 1880. The van der Waals surface area contributed by atoms with Crippen LogP contribution in [0.25, 0.3) is 20.4 Å². The molecular formula is C37H43N5O9S2. The Kier molecular flexibility index (Phi) is 15.5. The van der Waals surface area contributed by atoms with Crippen molar-refractivity contribution in [3.63, 3.8) is 0 Å². The molecule has 16 heteroatoms. The highest BCUT2D eigenvalue weighted by atomic mass is 32.1. The van der Waals surface area contributed by atoms with Crippen LogP contribution in [0.4, 0.5) is 0 Å². The standard InChI is InChI=1S/C37H43N5O9S2/c1-25-39-36-30(52-25)8-7-27-37(36)53-33(41-27)24-29(43)28(23-26-5-3-2-4-6-26)40-32(45)12-15-48-17-19-50-21-22-51-20-18-49-16-13-38-31(44)11-14-42-34(46)9-10-35(42)47/h2-10,28H,11-24H2,1H3,(H,38,44)(H,40,45)/t28-/m0/s1. The molecule has 0 fully saturated rings. The molecular weight excluding hydrogens is 723 g/mol. The summed E-state index contributed by atoms with van der Waals surface area (Å²) in [5, 5.41) is 7.27. The van der Waals surface area contributed by atoms with E-state index in [1.54, 1.807) is 11.3 Å². The van der Waals surface area contributed by atoms with Crippen LogP contribution >= 0.6 is 22.7 Å². The Morgan fingerprint density at radius 1 is 0.774 bits per heavy atom. The number of carbonyl (C=O) groups excluding carboxylic acids is 5. The van der Waals surface area contributed by atoms with Gasteiger partial charge in [-0.05, 0) is 31.0 Å². The van der Waals surface area contributed by atoms with E-state index < -0.39 is 17.9 Å². The van der Waals surface area contributed by atoms with E-state index in [4.69, 9.17) is 23.9 Å². The number of nitrogens with zero attached hydrogens (tertiary/aromatic N) is 3. The van der Waals surface area contributed by atoms with Gasteiger partial charge in [0.2, 0.25) is 11.8 Å². The number of aryl methyl sites for hydroxylation is 1. The van der Waals surface area contributed by atoms with E-state index in [0.717, 1.165) is 35.9 Å². The Morgan fingerprint density at radius 3 is 2.13 bits per heavy atom. The molecule has 0 saturated carbocycles. The van der Waals surface area contributed by atoms with E-state index in [2.05, 4.69) is 15.6 Å². The maximum atomic E-state index is 13.5. The largest absolute Gasteiger partial charge is 0.379 e. The molecule has 0 spiro atoms. The summed E-state index contributed by atoms with van der Waals surface area (Å²) in [6.45, 7) is 4.89. The highest BCUT2D eigenvalue weighted by molar-refractivity contribution is 7.22. The van der Waals surface area contributed by atoms with Gasteiger partial charge in [-0.2, -0.15) is 0 Å². The zero-order valence-corrected chi connectivity index (χ0v) is 31.1. The number of fused-ring (bicyclic) bond motifs is 3. The summed E-state index contributed by atoms with van der Waals surface area (Å²) in [4.78, 5) is 71.6. The van der Waals surface area contributed by atoms with Crippen molar-refractivity contribution < 1.29 is 42.9 Å². The summed E-state index contributed by atoms with van der Waals surface area (Å²) in [5.74, 6) is -1.47. The molecule has 0 aliphatic carbocycles. The van der Waals surface area contributed by atoms with Gasteiger partial charge in [-0.3, -0.25) is 28.9 Å². The van der Waals surface area contributed by atoms with Crippen LogP contribution in [0.2, 0.25) is 0 Å². The molecule has 2 aromatic heterocycles. The number of carbonyl (C=O) groups is 5. The predicted octanol–water partition coefficient (Wildman–Crippen LogP) is 2.94. The SMILES string of the molecule is Cc1nc2c(ccc3nc(CC(=O)[C@H](Cc4ccccc4)NC(=O)CCOCCOCCOCCOCCNC(=O)CCN4C(=O)C=CC4=O)sc32)s1. The predicted molar refractivity (Wildman–Crippen MR) is 200 cm³/mol. The van der Waals surface area contributed by atoms with Crippen molar-refractivity contribution in [1.29, 1.82) is 0 Å². The van der Waals surface area contributed by atoms with Crippen molar-refractivity contribution in [1.82, 2.24) is 25.5 Å². The summed E-state index contributed by atoms with van der Waals surface area (Å²) < 4.78 is 24.0. The Hall–Kier alpha value is -4.45. The maximum Gasteiger partial charge on any atom is 0.253 e. The van der Waals surface area contributed by atoms with Crippen molar-refractivity contribution >= 4 is 72.5 Å². The van der Waals surface area contributed by atoms with Crippen molar-refractivity contribution in [2.45, 2.75) is 38.6 Å². The fourth-order valence-electron chi connectivity index (χ4n) is 5.39. The zero-order valence-electron chi connectivity index (χ0n) is 29.5. The Morgan fingerprint density at radius 2 is 1.43 bits per heavy atom. The van der Waals surface area contributed by atoms with Gasteiger partial charge in [-0.15, -0.1) is 22.7 Å². The van der Waals surface area contributed by atoms with Gasteiger partial charge >= 0.3 is 0 Å². The van der Waals surface area contributed by atoms with Gasteiger partial charge in [0.05, 0.1) is 85.2 Å². The van der Waals surface area contributed by atoms with E-state index in [0.29, 0.717) is 64.2 Å². The third-order valence-corrected chi connectivity index (χ3v) is 10.0. The van der Waals surface area contributed by atoms with Gasteiger partial charge in [0.1, 0.15) is 10.5 Å². The molecule has 5 rings (SSSR count). The minimum atomic E-state index is -0.705. The molecule has 0 saturated heterocycles. The summed E-state index contributed by atoms with van der Waals surface area (Å²) >= 11 is 3.11. The van der Waals surface area contributed by atoms with Gasteiger partial charge in [0.25, 0.3) is 11.8 Å². The smallest absolute Gasteiger partial charge is 0.253 e. The molecule has 1 atom stereocenters. The van der Waals surface area contributed by atoms with Crippen molar-refractivity contribution in [2.24, 2.45) is 0 Å². The molecule has 0 radical (unpaired) electrons. The summed E-state index contributed by atoms with van der Waals surface area (Å²) in [7, 11) is 0. The van der Waals surface area contributed by atoms with Crippen molar-refractivity contribution in [3.8, 4) is 0 Å². The highest BCUT2D eigenvalue weighted by Crippen LogP contribution is 2.33. The van der Waals surface area contributed by atoms with Crippen LogP contribution in [0.5, 0.6) is 0 Å². The van der Waals surface area contributed by atoms with E-state index in [-0.39, 0.29) is 50.0 Å². The summed E-state index contributed by atoms with van der Waals surface area (Å²) in [6, 6.07) is 12.9. The lowest BCUT2D eigenvalue weighted by Crippen LogP contribution is -2.43. The lowest BCUT2D eigenvalue weighted by molar-refractivity contribution is -0.137. The molecule has 282 valence electrons. The lowest BCUT2D eigenvalue weighted by atomic mass is 10.0. The number of Topliss-reactive ketones (excluding diaryl/α,β-unsaturated/α-hetero) is 1. The minimum absolute atomic E-state index is 0.0329. The minimum Gasteiger partial charge on any atom is -0.379 e. The van der Waals surface area contributed by atoms with Gasteiger partial charge < -0.3 is 29.6 Å². The first-order chi connectivity index (χ1) is 25.8. The second-order valence-electron chi connectivity index (χ2n) is 12.0. The number of thiazole rings is 2. The van der Waals surface area contributed by atoms with Crippen LogP contribution in [0.1, 0.15) is 28.4 Å². The number of benzene rings is 2. The number of imide groups is 1. The van der Waals surface area contributed by atoms with E-state index in [9.17, 15) is 24.0 Å². The molecule has 4 aromatic rings. The quantitative estimate of drug-likeness (QED) is 0.0793. The number of nitrogens with one attached hydrogen (secondary N) is 2. The molecule has 1 aliphatic heterocycles. The first-order valence-electron chi connectivity index (χ1n) is 17.4. The number of hydrogen-bond donors (Lipinski definition) is 2. The number of ketones is 1. The van der Waals surface area contributed by atoms with Crippen LogP contribution in [-0.2, 0) is 55.8 Å². The number of ether oxygens (including phenoxy) is 4. The van der Waals surface area contributed by atoms with Gasteiger partial charge in [-0.1, -0.05) is 30.3 Å². The number of amides is 4. The second-order valence-corrected chi connectivity index (χ2v) is 14.3. The lowest BCUT2D eigenvalue weighted by Gasteiger charge is -2.18. The van der Waals surface area contributed by atoms with Crippen LogP contribution < -0.4 is 10.6 Å². The molecule has 53 heavy (non-hydrogen) atoms. The van der Waals surface area contributed by atoms with Gasteiger partial charge in [0, 0.05) is 38.1 Å². The first kappa shape index (κ1) is 39.8.